The molecule has 152 valence electrons. The number of rotatable bonds is 6. The molecule has 0 spiro atoms. The molecule has 0 unspecified atom stereocenters. The lowest BCUT2D eigenvalue weighted by molar-refractivity contribution is 0.0729. The number of phenols is 1. The van der Waals surface area contributed by atoms with E-state index in [1.165, 1.54) is 25.5 Å². The van der Waals surface area contributed by atoms with Gasteiger partial charge >= 0.3 is 5.97 Å². The second-order valence-corrected chi connectivity index (χ2v) is 6.94. The van der Waals surface area contributed by atoms with Crippen LogP contribution in [-0.2, 0) is 0 Å². The number of hydrogen-bond acceptors (Lipinski definition) is 6. The van der Waals surface area contributed by atoms with Crippen LogP contribution >= 0.6 is 15.9 Å². The van der Waals surface area contributed by atoms with Gasteiger partial charge in [0.25, 0.3) is 5.91 Å². The third-order valence-electron chi connectivity index (χ3n) is 3.98. The summed E-state index contributed by atoms with van der Waals surface area (Å²) in [7, 11) is 1.45. The van der Waals surface area contributed by atoms with Gasteiger partial charge in [0.05, 0.1) is 24.5 Å². The molecule has 7 nitrogen and oxygen atoms in total. The van der Waals surface area contributed by atoms with Gasteiger partial charge in [0.1, 0.15) is 5.75 Å². The van der Waals surface area contributed by atoms with Gasteiger partial charge in [-0.05, 0) is 54.1 Å². The SMILES string of the molecule is COc1cc(/C=N/NC(=O)c2ccccc2O)ccc1OC(=O)c1cccc(Br)c1. The molecule has 0 aliphatic carbocycles. The fourth-order valence-corrected chi connectivity index (χ4v) is 2.91. The molecule has 0 atom stereocenters. The van der Waals surface area contributed by atoms with Crippen molar-refractivity contribution in [2.24, 2.45) is 5.10 Å². The van der Waals surface area contributed by atoms with E-state index < -0.39 is 11.9 Å². The number of aromatic hydroxyl groups is 1. The molecule has 3 rings (SSSR count). The molecule has 0 saturated heterocycles. The Morgan fingerprint density at radius 3 is 2.57 bits per heavy atom. The third-order valence-corrected chi connectivity index (χ3v) is 4.47. The van der Waals surface area contributed by atoms with Crippen LogP contribution in [0, 0.1) is 0 Å². The Morgan fingerprint density at radius 1 is 1.03 bits per heavy atom. The molecule has 0 saturated carbocycles. The highest BCUT2D eigenvalue weighted by atomic mass is 79.9. The van der Waals surface area contributed by atoms with Crippen molar-refractivity contribution in [3.63, 3.8) is 0 Å². The minimum absolute atomic E-state index is 0.113. The van der Waals surface area contributed by atoms with Gasteiger partial charge in [-0.15, -0.1) is 0 Å². The number of carbonyl (C=O) groups is 2. The molecule has 0 aliphatic rings. The van der Waals surface area contributed by atoms with Gasteiger partial charge in [-0.3, -0.25) is 4.79 Å². The zero-order valence-electron chi connectivity index (χ0n) is 15.8. The van der Waals surface area contributed by atoms with Crippen LogP contribution in [-0.4, -0.2) is 30.3 Å². The molecule has 0 bridgehead atoms. The van der Waals surface area contributed by atoms with Crippen molar-refractivity contribution in [3.05, 3.63) is 87.9 Å². The maximum atomic E-state index is 12.3. The summed E-state index contributed by atoms with van der Waals surface area (Å²) < 4.78 is 11.5. The number of carbonyl (C=O) groups excluding carboxylic acids is 2. The summed E-state index contributed by atoms with van der Waals surface area (Å²) in [6, 6.07) is 17.8. The summed E-state index contributed by atoms with van der Waals surface area (Å²) in [6.07, 6.45) is 1.40. The van der Waals surface area contributed by atoms with E-state index in [0.29, 0.717) is 16.9 Å². The highest BCUT2D eigenvalue weighted by Gasteiger charge is 2.13. The highest BCUT2D eigenvalue weighted by molar-refractivity contribution is 9.10. The first-order chi connectivity index (χ1) is 14.5. The van der Waals surface area contributed by atoms with Gasteiger partial charge in [-0.1, -0.05) is 34.1 Å². The number of phenolic OH excluding ortho intramolecular Hbond substituents is 1. The van der Waals surface area contributed by atoms with E-state index in [9.17, 15) is 14.7 Å². The Morgan fingerprint density at radius 2 is 1.83 bits per heavy atom. The van der Waals surface area contributed by atoms with E-state index in [0.717, 1.165) is 4.47 Å². The predicted molar refractivity (Wildman–Crippen MR) is 115 cm³/mol. The Kier molecular flexibility index (Phi) is 6.82. The Balaban J connectivity index is 1.69. The van der Waals surface area contributed by atoms with E-state index in [1.54, 1.807) is 48.5 Å². The molecule has 0 radical (unpaired) electrons. The Labute approximate surface area is 181 Å². The predicted octanol–water partition coefficient (Wildman–Crippen LogP) is 4.15. The second-order valence-electron chi connectivity index (χ2n) is 6.03. The summed E-state index contributed by atoms with van der Waals surface area (Å²) >= 11 is 3.32. The number of esters is 1. The van der Waals surface area contributed by atoms with E-state index >= 15 is 0 Å². The first-order valence-corrected chi connectivity index (χ1v) is 9.54. The van der Waals surface area contributed by atoms with Gasteiger partial charge < -0.3 is 14.6 Å². The fraction of sp³-hybridized carbons (Fsp3) is 0.0455. The number of hydrogen-bond donors (Lipinski definition) is 2. The maximum absolute atomic E-state index is 12.3. The second kappa shape index (κ2) is 9.71. The van der Waals surface area contributed by atoms with Crippen molar-refractivity contribution in [2.45, 2.75) is 0 Å². The summed E-state index contributed by atoms with van der Waals surface area (Å²) in [5.74, 6) is -0.627. The van der Waals surface area contributed by atoms with Crippen LogP contribution in [0.2, 0.25) is 0 Å². The van der Waals surface area contributed by atoms with Gasteiger partial charge in [-0.25, -0.2) is 10.2 Å². The first kappa shape index (κ1) is 21.1. The molecule has 3 aromatic carbocycles. The molecule has 0 aromatic heterocycles. The van der Waals surface area contributed by atoms with Gasteiger partial charge in [0, 0.05) is 4.47 Å². The average Bonchev–Trinajstić information content (AvgIpc) is 2.74. The number of methoxy groups -OCH3 is 1. The van der Waals surface area contributed by atoms with Gasteiger partial charge in [0.15, 0.2) is 11.5 Å². The van der Waals surface area contributed by atoms with Crippen molar-refractivity contribution >= 4 is 34.0 Å². The lowest BCUT2D eigenvalue weighted by atomic mass is 10.2. The number of amides is 1. The van der Waals surface area contributed by atoms with Crippen LogP contribution in [0.5, 0.6) is 17.2 Å². The number of benzene rings is 3. The number of nitrogens with one attached hydrogen (secondary N) is 1. The minimum atomic E-state index is -0.545. The van der Waals surface area contributed by atoms with E-state index in [1.807, 2.05) is 6.07 Å². The highest BCUT2D eigenvalue weighted by Crippen LogP contribution is 2.28. The zero-order chi connectivity index (χ0) is 21.5. The largest absolute Gasteiger partial charge is 0.507 e. The summed E-state index contributed by atoms with van der Waals surface area (Å²) in [6.45, 7) is 0. The number of halogens is 1. The molecule has 30 heavy (non-hydrogen) atoms. The lowest BCUT2D eigenvalue weighted by Crippen LogP contribution is -2.17. The van der Waals surface area contributed by atoms with Crippen molar-refractivity contribution in [1.82, 2.24) is 5.43 Å². The monoisotopic (exact) mass is 468 g/mol. The zero-order valence-corrected chi connectivity index (χ0v) is 17.4. The van der Waals surface area contributed by atoms with Gasteiger partial charge in [-0.2, -0.15) is 5.10 Å². The quantitative estimate of drug-likeness (QED) is 0.245. The van der Waals surface area contributed by atoms with E-state index in [-0.39, 0.29) is 17.1 Å². The minimum Gasteiger partial charge on any atom is -0.507 e. The summed E-state index contributed by atoms with van der Waals surface area (Å²) in [4.78, 5) is 24.4. The fourth-order valence-electron chi connectivity index (χ4n) is 2.51. The topological polar surface area (TPSA) is 97.2 Å². The first-order valence-electron chi connectivity index (χ1n) is 8.75. The molecule has 2 N–H and O–H groups in total. The lowest BCUT2D eigenvalue weighted by Gasteiger charge is -2.10. The van der Waals surface area contributed by atoms with E-state index in [4.69, 9.17) is 9.47 Å². The van der Waals surface area contributed by atoms with Gasteiger partial charge in [0.2, 0.25) is 0 Å². The van der Waals surface area contributed by atoms with Crippen LogP contribution in [0.4, 0.5) is 0 Å². The molecular weight excluding hydrogens is 452 g/mol. The van der Waals surface area contributed by atoms with Crippen LogP contribution in [0.1, 0.15) is 26.3 Å². The summed E-state index contributed by atoms with van der Waals surface area (Å²) in [5.41, 5.74) is 3.45. The molecule has 8 heteroatoms. The standard InChI is InChI=1S/C22H17BrN2O5/c1-29-20-11-14(13-24-25-21(27)17-7-2-3-8-18(17)26)9-10-19(20)30-22(28)15-5-4-6-16(23)12-15/h2-13,26H,1H3,(H,25,27)/b24-13+. The Bertz CT molecular complexity index is 1110. The molecular formula is C22H17BrN2O5. The van der Waals surface area contributed by atoms with Crippen LogP contribution in [0.3, 0.4) is 0 Å². The smallest absolute Gasteiger partial charge is 0.343 e. The van der Waals surface area contributed by atoms with Crippen molar-refractivity contribution in [1.29, 1.82) is 0 Å². The number of nitrogens with zero attached hydrogens (tertiary/aromatic N) is 1. The number of ether oxygens (including phenoxy) is 2. The van der Waals surface area contributed by atoms with E-state index in [2.05, 4.69) is 26.5 Å². The third kappa shape index (κ3) is 5.24. The maximum Gasteiger partial charge on any atom is 0.343 e. The average molecular weight is 469 g/mol. The molecule has 1 amide bonds. The van der Waals surface area contributed by atoms with Crippen molar-refractivity contribution in [2.75, 3.05) is 7.11 Å². The molecule has 3 aromatic rings. The summed E-state index contributed by atoms with van der Waals surface area (Å²) in [5, 5.41) is 13.6. The number of hydrazone groups is 1. The number of para-hydroxylation sites is 1. The molecule has 0 fully saturated rings. The Hall–Kier alpha value is -3.65. The normalized spacial score (nSPS) is 10.6. The van der Waals surface area contributed by atoms with Crippen LogP contribution < -0.4 is 14.9 Å². The molecule has 0 aliphatic heterocycles. The van der Waals surface area contributed by atoms with Crippen molar-refractivity contribution < 1.29 is 24.2 Å². The molecule has 0 heterocycles. The van der Waals surface area contributed by atoms with Crippen LogP contribution in [0.25, 0.3) is 0 Å². The van der Waals surface area contributed by atoms with Crippen molar-refractivity contribution in [3.8, 4) is 17.2 Å². The van der Waals surface area contributed by atoms with Crippen LogP contribution in [0.15, 0.2) is 76.3 Å².